The van der Waals surface area contributed by atoms with Gasteiger partial charge in [-0.05, 0) is 38.7 Å². The van der Waals surface area contributed by atoms with Crippen molar-refractivity contribution in [2.24, 2.45) is 5.41 Å². The third-order valence-corrected chi connectivity index (χ3v) is 11.5. The summed E-state index contributed by atoms with van der Waals surface area (Å²) in [4.78, 5) is 0. The van der Waals surface area contributed by atoms with E-state index in [4.69, 9.17) is 4.74 Å². The van der Waals surface area contributed by atoms with Crippen LogP contribution in [0.25, 0.3) is 0 Å². The minimum Gasteiger partial charge on any atom is -0.367 e. The summed E-state index contributed by atoms with van der Waals surface area (Å²) in [7, 11) is -3.27. The first-order valence-corrected chi connectivity index (χ1v) is 20.6. The van der Waals surface area contributed by atoms with Gasteiger partial charge in [0.05, 0.1) is 18.1 Å². The third kappa shape index (κ3) is 6.37. The maximum Gasteiger partial charge on any atom is 0.449 e. The van der Waals surface area contributed by atoms with Crippen molar-refractivity contribution in [3.8, 4) is 0 Å². The molecule has 0 spiro atoms. The Morgan fingerprint density at radius 1 is 0.805 bits per heavy atom. The predicted molar refractivity (Wildman–Crippen MR) is 134 cm³/mol. The molecule has 1 saturated carbocycles. The van der Waals surface area contributed by atoms with E-state index in [1.54, 1.807) is 0 Å². The van der Waals surface area contributed by atoms with Crippen molar-refractivity contribution in [2.75, 3.05) is 13.2 Å². The molecule has 0 aromatic carbocycles. The van der Waals surface area contributed by atoms with Gasteiger partial charge in [0.2, 0.25) is 0 Å². The number of aliphatic hydroxyl groups is 2. The van der Waals surface area contributed by atoms with Crippen molar-refractivity contribution >= 4 is 16.1 Å². The Morgan fingerprint density at radius 3 is 1.71 bits per heavy atom. The SMILES string of the molecule is CC1(OCC[Si](C)(C)C)COC(O)(C(F)(F)F)C1(F)F.C[Si](C)(C)CCC12CCCC1OC(O)(C(F)(F)F)C2(F)F. The Bertz CT molecular complexity index is 936. The summed E-state index contributed by atoms with van der Waals surface area (Å²) in [6.07, 6.45) is -11.9. The Morgan fingerprint density at radius 2 is 1.29 bits per heavy atom. The highest BCUT2D eigenvalue weighted by Crippen LogP contribution is 2.67. The minimum absolute atomic E-state index is 0.0290. The molecule has 2 N–H and O–H groups in total. The summed E-state index contributed by atoms with van der Waals surface area (Å²) in [5.41, 5.74) is -4.39. The van der Waals surface area contributed by atoms with E-state index in [9.17, 15) is 54.1 Å². The van der Waals surface area contributed by atoms with Crippen LogP contribution in [0.15, 0.2) is 0 Å². The van der Waals surface area contributed by atoms with Crippen LogP contribution in [-0.4, -0.2) is 87.1 Å². The summed E-state index contributed by atoms with van der Waals surface area (Å²) in [6.45, 7) is 11.6. The lowest BCUT2D eigenvalue weighted by Crippen LogP contribution is -2.63. The lowest BCUT2D eigenvalue weighted by Gasteiger charge is -2.38. The third-order valence-electron chi connectivity index (χ3n) is 8.08. The van der Waals surface area contributed by atoms with Gasteiger partial charge in [-0.1, -0.05) is 45.3 Å². The Balaban J connectivity index is 0.000000287. The Hall–Kier alpha value is -0.466. The van der Waals surface area contributed by atoms with Crippen LogP contribution >= 0.6 is 0 Å². The lowest BCUT2D eigenvalue weighted by atomic mass is 9.74. The molecule has 0 amide bonds. The van der Waals surface area contributed by atoms with Gasteiger partial charge < -0.3 is 24.4 Å². The molecule has 3 aliphatic rings. The number of rotatable bonds is 7. The minimum atomic E-state index is -5.60. The largest absolute Gasteiger partial charge is 0.449 e. The molecule has 3 rings (SSSR count). The highest BCUT2D eigenvalue weighted by molar-refractivity contribution is 6.76. The molecule has 5 unspecified atom stereocenters. The Kier molecular flexibility index (Phi) is 9.72. The topological polar surface area (TPSA) is 68.2 Å². The second kappa shape index (κ2) is 10.9. The highest BCUT2D eigenvalue weighted by Gasteiger charge is 2.85. The molecule has 244 valence electrons. The van der Waals surface area contributed by atoms with E-state index in [2.05, 4.69) is 9.47 Å². The van der Waals surface area contributed by atoms with E-state index < -0.39 is 75.6 Å². The van der Waals surface area contributed by atoms with Crippen LogP contribution in [0.2, 0.25) is 51.4 Å². The molecule has 41 heavy (non-hydrogen) atoms. The number of halogens is 10. The van der Waals surface area contributed by atoms with E-state index in [-0.39, 0.29) is 25.9 Å². The summed E-state index contributed by atoms with van der Waals surface area (Å²) >= 11 is 0. The zero-order chi connectivity index (χ0) is 32.4. The van der Waals surface area contributed by atoms with E-state index in [0.717, 1.165) is 6.92 Å². The molecule has 0 aromatic heterocycles. The van der Waals surface area contributed by atoms with Gasteiger partial charge in [-0.15, -0.1) is 0 Å². The number of alkyl halides is 10. The van der Waals surface area contributed by atoms with Gasteiger partial charge in [-0.25, -0.2) is 0 Å². The van der Waals surface area contributed by atoms with Gasteiger partial charge in [-0.3, -0.25) is 0 Å². The number of hydrogen-bond donors (Lipinski definition) is 2. The molecule has 0 aromatic rings. The van der Waals surface area contributed by atoms with Crippen LogP contribution in [0, 0.1) is 5.41 Å². The molecule has 5 atom stereocenters. The smallest absolute Gasteiger partial charge is 0.367 e. The Labute approximate surface area is 234 Å². The monoisotopic (exact) mass is 654 g/mol. The van der Waals surface area contributed by atoms with Gasteiger partial charge >= 0.3 is 35.8 Å². The zero-order valence-corrected chi connectivity index (χ0v) is 26.1. The van der Waals surface area contributed by atoms with E-state index in [1.165, 1.54) is 0 Å². The van der Waals surface area contributed by atoms with Gasteiger partial charge in [0, 0.05) is 22.8 Å². The fraction of sp³-hybridized carbons (Fsp3) is 1.00. The molecule has 5 nitrogen and oxygen atoms in total. The van der Waals surface area contributed by atoms with Crippen LogP contribution < -0.4 is 0 Å². The molecule has 3 fully saturated rings. The average molecular weight is 655 g/mol. The summed E-state index contributed by atoms with van der Waals surface area (Å²) < 4.78 is 147. The molecule has 2 aliphatic heterocycles. The maximum atomic E-state index is 14.6. The first kappa shape index (κ1) is 36.7. The van der Waals surface area contributed by atoms with Crippen molar-refractivity contribution in [1.82, 2.24) is 0 Å². The fourth-order valence-electron chi connectivity index (χ4n) is 5.23. The molecule has 2 heterocycles. The average Bonchev–Trinajstić information content (AvgIpc) is 3.29. The first-order valence-electron chi connectivity index (χ1n) is 13.2. The molecule has 2 saturated heterocycles. The number of hydrogen-bond acceptors (Lipinski definition) is 5. The quantitative estimate of drug-likeness (QED) is 0.225. The van der Waals surface area contributed by atoms with Crippen molar-refractivity contribution < 1.29 is 68.3 Å². The standard InChI is InChI=1S/C13H21F5O2Si.C11H19F5O3Si/c1-21(2,3)8-7-10-6-4-5-9(10)20-12(19,11(10,14)15)13(16,17)18;1-8(18-5-6-20(2,3)4)7-19-10(17,9(8,12)13)11(14,15)16/h9,19H,4-8H2,1-3H3;17H,5-7H2,1-4H3. The van der Waals surface area contributed by atoms with E-state index in [1.807, 2.05) is 39.3 Å². The fourth-order valence-corrected chi connectivity index (χ4v) is 7.14. The molecule has 0 radical (unpaired) electrons. The summed E-state index contributed by atoms with van der Waals surface area (Å²) in [6, 6.07) is 1.000. The van der Waals surface area contributed by atoms with Gasteiger partial charge in [0.25, 0.3) is 0 Å². The van der Waals surface area contributed by atoms with Gasteiger partial charge in [-0.2, -0.15) is 43.9 Å². The van der Waals surface area contributed by atoms with E-state index >= 15 is 0 Å². The predicted octanol–water partition coefficient (Wildman–Crippen LogP) is 7.19. The number of fused-ring (bicyclic) bond motifs is 1. The molecular weight excluding hydrogens is 614 g/mol. The molecule has 17 heteroatoms. The van der Waals surface area contributed by atoms with Crippen molar-refractivity contribution in [1.29, 1.82) is 0 Å². The number of ether oxygens (including phenoxy) is 3. The van der Waals surface area contributed by atoms with Crippen LogP contribution in [0.4, 0.5) is 43.9 Å². The second-order valence-electron chi connectivity index (χ2n) is 13.8. The van der Waals surface area contributed by atoms with Crippen molar-refractivity contribution in [3.05, 3.63) is 0 Å². The first-order chi connectivity index (χ1) is 17.9. The van der Waals surface area contributed by atoms with Gasteiger partial charge in [0.1, 0.15) is 0 Å². The van der Waals surface area contributed by atoms with E-state index in [0.29, 0.717) is 18.5 Å². The van der Waals surface area contributed by atoms with Crippen LogP contribution in [0.3, 0.4) is 0 Å². The summed E-state index contributed by atoms with van der Waals surface area (Å²) in [5, 5.41) is 18.8. The van der Waals surface area contributed by atoms with Crippen LogP contribution in [0.1, 0.15) is 32.6 Å². The normalized spacial score (nSPS) is 37.1. The van der Waals surface area contributed by atoms with Crippen LogP contribution in [-0.2, 0) is 14.2 Å². The lowest BCUT2D eigenvalue weighted by molar-refractivity contribution is -0.412. The summed E-state index contributed by atoms with van der Waals surface area (Å²) in [5.74, 6) is -17.8. The van der Waals surface area contributed by atoms with Crippen molar-refractivity contribution in [2.45, 2.75) is 131 Å². The molecule has 0 bridgehead atoms. The second-order valence-corrected chi connectivity index (χ2v) is 25.1. The van der Waals surface area contributed by atoms with Gasteiger partial charge in [0.15, 0.2) is 5.60 Å². The molecule has 1 aliphatic carbocycles. The maximum absolute atomic E-state index is 14.6. The molecular formula is C24H40F10O5Si2. The van der Waals surface area contributed by atoms with Crippen molar-refractivity contribution in [3.63, 3.8) is 0 Å². The highest BCUT2D eigenvalue weighted by atomic mass is 28.3. The zero-order valence-electron chi connectivity index (χ0n) is 24.1. The van der Waals surface area contributed by atoms with Crippen LogP contribution in [0.5, 0.6) is 0 Å².